The van der Waals surface area contributed by atoms with E-state index in [1.807, 2.05) is 26.0 Å². The van der Waals surface area contributed by atoms with E-state index in [0.717, 1.165) is 25.7 Å². The number of unbranched alkanes of at least 4 members (excludes halogenated alkanes) is 2. The first-order chi connectivity index (χ1) is 19.7. The third-order valence-corrected chi connectivity index (χ3v) is 11.7. The number of rotatable bonds is 14. The number of nitrogens with zero attached hydrogens (tertiary/aromatic N) is 2. The molecule has 3 heterocycles. The number of amides is 2. The number of thioether (sulfide) groups is 1. The molecule has 1 aromatic rings. The second-order valence-corrected chi connectivity index (χ2v) is 13.5. The van der Waals surface area contributed by atoms with Crippen LogP contribution in [0.15, 0.2) is 49.6 Å². The van der Waals surface area contributed by atoms with Gasteiger partial charge in [-0.1, -0.05) is 63.1 Å². The zero-order valence-corrected chi connectivity index (χ0v) is 25.9. The number of carbonyl (C=O) groups is 3. The maximum atomic E-state index is 14.8. The van der Waals surface area contributed by atoms with Gasteiger partial charge in [-0.25, -0.2) is 0 Å². The van der Waals surface area contributed by atoms with E-state index in [1.54, 1.807) is 45.8 Å². The summed E-state index contributed by atoms with van der Waals surface area (Å²) in [6.45, 7) is 13.9. The minimum atomic E-state index is -0.877. The number of esters is 1. The second kappa shape index (κ2) is 13.3. The van der Waals surface area contributed by atoms with Crippen LogP contribution in [0.4, 0.5) is 5.69 Å². The van der Waals surface area contributed by atoms with Crippen molar-refractivity contribution in [1.29, 1.82) is 0 Å². The number of aliphatic hydroxyl groups is 1. The van der Waals surface area contributed by atoms with Crippen LogP contribution >= 0.6 is 23.4 Å². The molecule has 3 aliphatic rings. The molecule has 2 amide bonds. The lowest BCUT2D eigenvalue weighted by molar-refractivity contribution is -0.155. The molecule has 7 nitrogen and oxygen atoms in total. The number of benzene rings is 1. The first kappa shape index (κ1) is 31.6. The number of hydrogen-bond acceptors (Lipinski definition) is 6. The molecule has 0 aliphatic carbocycles. The van der Waals surface area contributed by atoms with E-state index in [0.29, 0.717) is 23.7 Å². The number of para-hydroxylation sites is 1. The highest BCUT2D eigenvalue weighted by Crippen LogP contribution is 2.69. The van der Waals surface area contributed by atoms with Gasteiger partial charge in [0.25, 0.3) is 5.91 Å². The van der Waals surface area contributed by atoms with E-state index >= 15 is 0 Å². The minimum absolute atomic E-state index is 0.00450. The molecule has 9 heteroatoms. The van der Waals surface area contributed by atoms with Crippen LogP contribution < -0.4 is 4.90 Å². The molecular weight excluding hydrogens is 560 g/mol. The Morgan fingerprint density at radius 2 is 2.02 bits per heavy atom. The van der Waals surface area contributed by atoms with Gasteiger partial charge in [-0.15, -0.1) is 24.9 Å². The van der Waals surface area contributed by atoms with Gasteiger partial charge in [-0.3, -0.25) is 14.4 Å². The SMILES string of the molecule is C=CCCCCOC(=O)[C@@H]1[C@@H]2CC(C)C3(S2)C(C(=O)N(CC=C)c2ccccc2Cl)N([C@@H](CO)[C@@H](C)CC)C(=O)[C@H]13. The Hall–Kier alpha value is -2.29. The molecule has 8 atom stereocenters. The van der Waals surface area contributed by atoms with E-state index in [1.165, 1.54) is 0 Å². The minimum Gasteiger partial charge on any atom is -0.465 e. The van der Waals surface area contributed by atoms with E-state index in [-0.39, 0.29) is 48.0 Å². The summed E-state index contributed by atoms with van der Waals surface area (Å²) in [6, 6.07) is 5.69. The van der Waals surface area contributed by atoms with Crippen molar-refractivity contribution in [3.8, 4) is 0 Å². The normalized spacial score (nSPS) is 29.6. The van der Waals surface area contributed by atoms with Gasteiger partial charge in [0.15, 0.2) is 0 Å². The Bertz CT molecular complexity index is 1160. The predicted molar refractivity (Wildman–Crippen MR) is 165 cm³/mol. The Morgan fingerprint density at radius 1 is 1.29 bits per heavy atom. The van der Waals surface area contributed by atoms with Crippen molar-refractivity contribution < 1.29 is 24.2 Å². The van der Waals surface area contributed by atoms with Gasteiger partial charge in [-0.2, -0.15) is 0 Å². The lowest BCUT2D eigenvalue weighted by atomic mass is 9.66. The summed E-state index contributed by atoms with van der Waals surface area (Å²) in [4.78, 5) is 46.1. The van der Waals surface area contributed by atoms with E-state index in [9.17, 15) is 19.5 Å². The fourth-order valence-corrected chi connectivity index (χ4v) is 9.72. The number of halogens is 1. The van der Waals surface area contributed by atoms with Crippen LogP contribution in [-0.2, 0) is 19.1 Å². The predicted octanol–water partition coefficient (Wildman–Crippen LogP) is 5.50. The zero-order valence-electron chi connectivity index (χ0n) is 24.3. The fourth-order valence-electron chi connectivity index (χ4n) is 7.09. The number of likely N-dealkylation sites (tertiary alicyclic amines) is 1. The molecular formula is C32H43ClN2O5S. The third kappa shape index (κ3) is 5.48. The first-order valence-electron chi connectivity index (χ1n) is 14.7. The largest absolute Gasteiger partial charge is 0.465 e. The molecule has 4 rings (SSSR count). The number of aliphatic hydroxyl groups excluding tert-OH is 1. The summed E-state index contributed by atoms with van der Waals surface area (Å²) in [5.41, 5.74) is 0.538. The number of anilines is 1. The molecule has 3 unspecified atom stereocenters. The van der Waals surface area contributed by atoms with E-state index in [4.69, 9.17) is 16.3 Å². The summed E-state index contributed by atoms with van der Waals surface area (Å²) in [7, 11) is 0. The lowest BCUT2D eigenvalue weighted by Crippen LogP contribution is -2.60. The van der Waals surface area contributed by atoms with Crippen LogP contribution in [0, 0.1) is 23.7 Å². The highest BCUT2D eigenvalue weighted by atomic mass is 35.5. The maximum absolute atomic E-state index is 14.8. The van der Waals surface area contributed by atoms with E-state index in [2.05, 4.69) is 20.1 Å². The molecule has 3 aliphatic heterocycles. The van der Waals surface area contributed by atoms with Crippen LogP contribution in [-0.4, -0.2) is 69.6 Å². The summed E-state index contributed by atoms with van der Waals surface area (Å²) in [5.74, 6) is -2.27. The summed E-state index contributed by atoms with van der Waals surface area (Å²) in [5, 5.41) is 10.9. The summed E-state index contributed by atoms with van der Waals surface area (Å²) < 4.78 is 4.91. The van der Waals surface area contributed by atoms with Gasteiger partial charge in [0.1, 0.15) is 6.04 Å². The van der Waals surface area contributed by atoms with E-state index < -0.39 is 28.7 Å². The first-order valence-corrected chi connectivity index (χ1v) is 16.0. The van der Waals surface area contributed by atoms with Crippen LogP contribution in [0.25, 0.3) is 0 Å². The molecule has 224 valence electrons. The van der Waals surface area contributed by atoms with Crippen LogP contribution in [0.5, 0.6) is 0 Å². The number of ether oxygens (including phenoxy) is 1. The van der Waals surface area contributed by atoms with Gasteiger partial charge < -0.3 is 19.6 Å². The average molecular weight is 603 g/mol. The monoisotopic (exact) mass is 602 g/mol. The molecule has 1 aromatic carbocycles. The van der Waals surface area contributed by atoms with Gasteiger partial charge in [0.2, 0.25) is 5.91 Å². The highest BCUT2D eigenvalue weighted by Gasteiger charge is 2.77. The standard InChI is InChI=1S/C32H43ClN2O5S/c1-6-9-10-13-17-40-31(39)26-25-18-21(5)32(41-25)27(26)29(37)35(24(19-36)20(4)8-3)28(32)30(38)34(16-7-2)23-15-12-11-14-22(23)33/h6-7,11-12,14-15,20-21,24-28,36H,1-2,8-10,13,16-19H2,3-5H3/t20-,21?,24-,25-,26+,27-,28?,32?/m0/s1. The van der Waals surface area contributed by atoms with Crippen molar-refractivity contribution >= 4 is 46.8 Å². The van der Waals surface area contributed by atoms with Gasteiger partial charge in [0.05, 0.1) is 46.5 Å². The zero-order chi connectivity index (χ0) is 29.9. The van der Waals surface area contributed by atoms with Crippen molar-refractivity contribution in [2.75, 3.05) is 24.7 Å². The molecule has 1 N–H and O–H groups in total. The number of fused-ring (bicyclic) bond motifs is 1. The summed E-state index contributed by atoms with van der Waals surface area (Å²) >= 11 is 8.18. The summed E-state index contributed by atoms with van der Waals surface area (Å²) in [6.07, 6.45) is 7.37. The maximum Gasteiger partial charge on any atom is 0.310 e. The topological polar surface area (TPSA) is 87.2 Å². The highest BCUT2D eigenvalue weighted by molar-refractivity contribution is 8.02. The lowest BCUT2D eigenvalue weighted by Gasteiger charge is -2.43. The van der Waals surface area contributed by atoms with Crippen LogP contribution in [0.1, 0.15) is 52.9 Å². The van der Waals surface area contributed by atoms with Crippen molar-refractivity contribution in [3.05, 3.63) is 54.6 Å². The van der Waals surface area contributed by atoms with Crippen molar-refractivity contribution in [2.24, 2.45) is 23.7 Å². The molecule has 0 saturated carbocycles. The van der Waals surface area contributed by atoms with Gasteiger partial charge in [0, 0.05) is 11.8 Å². The molecule has 0 aromatic heterocycles. The van der Waals surface area contributed by atoms with Crippen molar-refractivity contribution in [3.63, 3.8) is 0 Å². The second-order valence-electron chi connectivity index (χ2n) is 11.6. The van der Waals surface area contributed by atoms with Gasteiger partial charge >= 0.3 is 5.97 Å². The fraction of sp³-hybridized carbons (Fsp3) is 0.594. The number of hydrogen-bond donors (Lipinski definition) is 1. The van der Waals surface area contributed by atoms with Crippen molar-refractivity contribution in [1.82, 2.24) is 4.90 Å². The Morgan fingerprint density at radius 3 is 2.66 bits per heavy atom. The average Bonchev–Trinajstić information content (AvgIpc) is 3.56. The van der Waals surface area contributed by atoms with Crippen LogP contribution in [0.2, 0.25) is 5.02 Å². The Kier molecular flexibility index (Phi) is 10.3. The molecule has 41 heavy (non-hydrogen) atoms. The third-order valence-electron chi connectivity index (χ3n) is 9.30. The molecule has 2 bridgehead atoms. The molecule has 3 saturated heterocycles. The number of carbonyl (C=O) groups excluding carboxylic acids is 3. The van der Waals surface area contributed by atoms with Crippen LogP contribution in [0.3, 0.4) is 0 Å². The molecule has 1 spiro atoms. The molecule has 3 fully saturated rings. The number of allylic oxidation sites excluding steroid dienone is 1. The Balaban J connectivity index is 1.78. The smallest absolute Gasteiger partial charge is 0.310 e. The molecule has 0 radical (unpaired) electrons. The van der Waals surface area contributed by atoms with Gasteiger partial charge in [-0.05, 0) is 49.7 Å². The Labute approximate surface area is 253 Å². The quantitative estimate of drug-likeness (QED) is 0.172. The van der Waals surface area contributed by atoms with Crippen molar-refractivity contribution in [2.45, 2.75) is 75.0 Å².